The maximum atomic E-state index is 11.9. The van der Waals surface area contributed by atoms with E-state index in [1.54, 1.807) is 48.3 Å². The molecule has 2 aromatic rings. The number of halogens is 1. The zero-order chi connectivity index (χ0) is 15.2. The molecule has 2 amide bonds. The summed E-state index contributed by atoms with van der Waals surface area (Å²) in [5.74, 6) is -0.0284. The number of hydrogen-bond acceptors (Lipinski definition) is 3. The Morgan fingerprint density at radius 1 is 1.29 bits per heavy atom. The number of nitrogens with zero attached hydrogens (tertiary/aromatic N) is 2. The highest BCUT2D eigenvalue weighted by Gasteiger charge is 2.10. The molecule has 1 aromatic heterocycles. The molecule has 2 rings (SSSR count). The molecule has 0 radical (unpaired) electrons. The molecule has 0 aliphatic carbocycles. The van der Waals surface area contributed by atoms with Gasteiger partial charge in [-0.3, -0.25) is 14.3 Å². The summed E-state index contributed by atoms with van der Waals surface area (Å²) in [6.07, 6.45) is 1.89. The van der Waals surface area contributed by atoms with Crippen molar-refractivity contribution in [2.24, 2.45) is 7.05 Å². The van der Waals surface area contributed by atoms with Gasteiger partial charge in [0.15, 0.2) is 5.82 Å². The van der Waals surface area contributed by atoms with Gasteiger partial charge in [0.05, 0.1) is 10.6 Å². The van der Waals surface area contributed by atoms with Gasteiger partial charge in [-0.05, 0) is 12.1 Å². The highest BCUT2D eigenvalue weighted by atomic mass is 35.5. The van der Waals surface area contributed by atoms with E-state index in [0.29, 0.717) is 16.4 Å². The summed E-state index contributed by atoms with van der Waals surface area (Å²) < 4.78 is 1.59. The first-order chi connectivity index (χ1) is 10.1. The number of amides is 2. The van der Waals surface area contributed by atoms with Crippen molar-refractivity contribution in [3.8, 4) is 0 Å². The molecule has 0 atom stereocenters. The van der Waals surface area contributed by atoms with Crippen LogP contribution in [0.25, 0.3) is 0 Å². The van der Waals surface area contributed by atoms with Gasteiger partial charge in [0.25, 0.3) is 5.91 Å². The molecule has 6 nitrogen and oxygen atoms in total. The van der Waals surface area contributed by atoms with E-state index in [1.807, 2.05) is 0 Å². The van der Waals surface area contributed by atoms with Crippen molar-refractivity contribution in [3.05, 3.63) is 47.1 Å². The molecule has 21 heavy (non-hydrogen) atoms. The van der Waals surface area contributed by atoms with Crippen molar-refractivity contribution < 1.29 is 9.59 Å². The van der Waals surface area contributed by atoms with Crippen molar-refractivity contribution in [2.45, 2.75) is 6.42 Å². The molecule has 1 aromatic carbocycles. The summed E-state index contributed by atoms with van der Waals surface area (Å²) in [7, 11) is 1.76. The zero-order valence-corrected chi connectivity index (χ0v) is 12.2. The molecule has 0 saturated carbocycles. The van der Waals surface area contributed by atoms with E-state index in [4.69, 9.17) is 11.6 Å². The van der Waals surface area contributed by atoms with Crippen LogP contribution in [0.2, 0.25) is 5.02 Å². The van der Waals surface area contributed by atoms with Crippen molar-refractivity contribution in [1.29, 1.82) is 0 Å². The van der Waals surface area contributed by atoms with Gasteiger partial charge in [-0.1, -0.05) is 23.7 Å². The molecule has 7 heteroatoms. The van der Waals surface area contributed by atoms with Crippen LogP contribution in [-0.2, 0) is 11.8 Å². The minimum absolute atomic E-state index is 0.159. The van der Waals surface area contributed by atoms with Crippen LogP contribution in [0.1, 0.15) is 16.8 Å². The molecule has 0 aliphatic heterocycles. The third kappa shape index (κ3) is 4.32. The van der Waals surface area contributed by atoms with E-state index in [1.165, 1.54) is 0 Å². The zero-order valence-electron chi connectivity index (χ0n) is 11.5. The molecule has 0 spiro atoms. The Morgan fingerprint density at radius 3 is 2.71 bits per heavy atom. The molecular formula is C14H15ClN4O2. The first-order valence-corrected chi connectivity index (χ1v) is 6.76. The Bertz CT molecular complexity index is 654. The monoisotopic (exact) mass is 306 g/mol. The van der Waals surface area contributed by atoms with Crippen LogP contribution < -0.4 is 10.6 Å². The van der Waals surface area contributed by atoms with E-state index in [-0.39, 0.29) is 24.8 Å². The highest BCUT2D eigenvalue weighted by Crippen LogP contribution is 2.14. The number of aryl methyl sites for hydroxylation is 1. The number of rotatable bonds is 5. The second-order valence-electron chi connectivity index (χ2n) is 4.41. The van der Waals surface area contributed by atoms with Crippen molar-refractivity contribution in [3.63, 3.8) is 0 Å². The number of carbonyl (C=O) groups is 2. The van der Waals surface area contributed by atoms with Crippen LogP contribution in [0.3, 0.4) is 0 Å². The van der Waals surface area contributed by atoms with E-state index < -0.39 is 0 Å². The topological polar surface area (TPSA) is 76.0 Å². The van der Waals surface area contributed by atoms with Gasteiger partial charge in [0.2, 0.25) is 5.91 Å². The van der Waals surface area contributed by atoms with Gasteiger partial charge in [-0.15, -0.1) is 0 Å². The minimum atomic E-state index is -0.300. The maximum Gasteiger partial charge on any atom is 0.252 e. The van der Waals surface area contributed by atoms with Gasteiger partial charge < -0.3 is 10.6 Å². The van der Waals surface area contributed by atoms with Crippen LogP contribution in [-0.4, -0.2) is 28.1 Å². The summed E-state index contributed by atoms with van der Waals surface area (Å²) in [6.45, 7) is 0.225. The Morgan fingerprint density at radius 2 is 2.05 bits per heavy atom. The molecule has 0 aliphatic rings. The molecule has 0 fully saturated rings. The lowest BCUT2D eigenvalue weighted by Crippen LogP contribution is -2.27. The van der Waals surface area contributed by atoms with Crippen LogP contribution in [0.4, 0.5) is 5.82 Å². The van der Waals surface area contributed by atoms with Crippen molar-refractivity contribution in [1.82, 2.24) is 15.1 Å². The van der Waals surface area contributed by atoms with Crippen molar-refractivity contribution >= 4 is 29.2 Å². The van der Waals surface area contributed by atoms with Gasteiger partial charge in [0, 0.05) is 32.3 Å². The molecule has 0 saturated heterocycles. The third-order valence-electron chi connectivity index (χ3n) is 2.74. The summed E-state index contributed by atoms with van der Waals surface area (Å²) in [5.41, 5.74) is 0.393. The number of anilines is 1. The van der Waals surface area contributed by atoms with Gasteiger partial charge in [-0.25, -0.2) is 0 Å². The summed E-state index contributed by atoms with van der Waals surface area (Å²) in [4.78, 5) is 23.5. The highest BCUT2D eigenvalue weighted by molar-refractivity contribution is 6.33. The fourth-order valence-corrected chi connectivity index (χ4v) is 1.94. The first-order valence-electron chi connectivity index (χ1n) is 6.38. The quantitative estimate of drug-likeness (QED) is 0.885. The third-order valence-corrected chi connectivity index (χ3v) is 3.07. The summed E-state index contributed by atoms with van der Waals surface area (Å²) in [6, 6.07) is 8.45. The van der Waals surface area contributed by atoms with E-state index >= 15 is 0 Å². The normalized spacial score (nSPS) is 10.2. The molecular weight excluding hydrogens is 292 g/mol. The van der Waals surface area contributed by atoms with Gasteiger partial charge in [-0.2, -0.15) is 5.10 Å². The van der Waals surface area contributed by atoms with Gasteiger partial charge in [0.1, 0.15) is 0 Å². The largest absolute Gasteiger partial charge is 0.351 e. The van der Waals surface area contributed by atoms with Gasteiger partial charge >= 0.3 is 0 Å². The first kappa shape index (κ1) is 15.1. The molecule has 0 unspecified atom stereocenters. The van der Waals surface area contributed by atoms with E-state index in [2.05, 4.69) is 15.7 Å². The second-order valence-corrected chi connectivity index (χ2v) is 4.82. The van der Waals surface area contributed by atoms with Crippen LogP contribution >= 0.6 is 11.6 Å². The predicted octanol–water partition coefficient (Wildman–Crippen LogP) is 1.83. The number of hydrogen-bond donors (Lipinski definition) is 2. The summed E-state index contributed by atoms with van der Waals surface area (Å²) in [5, 5.41) is 9.71. The van der Waals surface area contributed by atoms with E-state index in [0.717, 1.165) is 0 Å². The number of nitrogens with one attached hydrogen (secondary N) is 2. The molecule has 0 bridgehead atoms. The molecule has 2 N–H and O–H groups in total. The number of benzene rings is 1. The Hall–Kier alpha value is -2.34. The van der Waals surface area contributed by atoms with Crippen LogP contribution in [0.15, 0.2) is 36.5 Å². The Balaban J connectivity index is 1.77. The molecule has 110 valence electrons. The number of aromatic nitrogens is 2. The van der Waals surface area contributed by atoms with E-state index in [9.17, 15) is 9.59 Å². The predicted molar refractivity (Wildman–Crippen MR) is 80.2 cm³/mol. The average molecular weight is 307 g/mol. The maximum absolute atomic E-state index is 11.9. The fourth-order valence-electron chi connectivity index (χ4n) is 1.72. The minimum Gasteiger partial charge on any atom is -0.351 e. The lowest BCUT2D eigenvalue weighted by atomic mass is 10.2. The molecule has 1 heterocycles. The Labute approximate surface area is 127 Å². The lowest BCUT2D eigenvalue weighted by molar-refractivity contribution is -0.116. The Kier molecular flexibility index (Phi) is 4.94. The number of carbonyl (C=O) groups excluding carboxylic acids is 2. The van der Waals surface area contributed by atoms with Crippen LogP contribution in [0, 0.1) is 0 Å². The van der Waals surface area contributed by atoms with Crippen molar-refractivity contribution in [2.75, 3.05) is 11.9 Å². The second kappa shape index (κ2) is 6.90. The average Bonchev–Trinajstić information content (AvgIpc) is 2.84. The lowest BCUT2D eigenvalue weighted by Gasteiger charge is -2.06. The fraction of sp³-hybridized carbons (Fsp3) is 0.214. The standard InChI is InChI=1S/C14H15ClN4O2/c1-19-9-7-12(18-19)17-13(20)6-8-16-14(21)10-4-2-3-5-11(10)15/h2-5,7,9H,6,8H2,1H3,(H,16,21)(H,17,18,20). The summed E-state index contributed by atoms with van der Waals surface area (Å²) >= 11 is 5.92. The SMILES string of the molecule is Cn1ccc(NC(=O)CCNC(=O)c2ccccc2Cl)n1. The van der Waals surface area contributed by atoms with Crippen LogP contribution in [0.5, 0.6) is 0 Å². The smallest absolute Gasteiger partial charge is 0.252 e.